The maximum absolute atomic E-state index is 12.7. The summed E-state index contributed by atoms with van der Waals surface area (Å²) in [5, 5.41) is 6.22. The number of benzene rings is 2. The average Bonchev–Trinajstić information content (AvgIpc) is 2.80. The predicted octanol–water partition coefficient (Wildman–Crippen LogP) is 1.63. The molecule has 0 spiro atoms. The van der Waals surface area contributed by atoms with Crippen molar-refractivity contribution in [2.75, 3.05) is 0 Å². The zero-order valence-electron chi connectivity index (χ0n) is 12.3. The van der Waals surface area contributed by atoms with Gasteiger partial charge in [-0.15, -0.1) is 5.10 Å². The molecule has 0 aromatic heterocycles. The van der Waals surface area contributed by atoms with Crippen LogP contribution in [0.3, 0.4) is 0 Å². The Kier molecular flexibility index (Phi) is 3.09. The molecule has 0 amide bonds. The van der Waals surface area contributed by atoms with Gasteiger partial charge in [0.1, 0.15) is 5.22 Å². The zero-order valence-corrected chi connectivity index (χ0v) is 12.3. The average molecular weight is 318 g/mol. The second kappa shape index (κ2) is 5.27. The highest BCUT2D eigenvalue weighted by atomic mass is 16.3. The fraction of sp³-hybridized carbons (Fsp3) is 0. The highest BCUT2D eigenvalue weighted by Gasteiger charge is 2.12. The summed E-state index contributed by atoms with van der Waals surface area (Å²) in [4.78, 5) is 37.6. The smallest absolute Gasteiger partial charge is 0.279 e. The van der Waals surface area contributed by atoms with Crippen LogP contribution in [0.1, 0.15) is 0 Å². The largest absolute Gasteiger partial charge is 0.432 e. The first kappa shape index (κ1) is 14.1. The maximum atomic E-state index is 12.7. The van der Waals surface area contributed by atoms with Crippen LogP contribution in [-0.4, -0.2) is 10.2 Å². The van der Waals surface area contributed by atoms with Gasteiger partial charge in [-0.25, -0.2) is 5.10 Å². The van der Waals surface area contributed by atoms with E-state index in [2.05, 4.69) is 10.2 Å². The van der Waals surface area contributed by atoms with Gasteiger partial charge in [-0.2, -0.15) is 0 Å². The van der Waals surface area contributed by atoms with Crippen LogP contribution in [-0.2, 0) is 0 Å². The molecule has 2 aliphatic rings. The van der Waals surface area contributed by atoms with Crippen molar-refractivity contribution in [1.29, 1.82) is 0 Å². The number of aromatic nitrogens is 2. The van der Waals surface area contributed by atoms with Crippen molar-refractivity contribution in [2.45, 2.75) is 0 Å². The molecule has 2 aromatic rings. The number of nitrogens with one attached hydrogen (secondary N) is 1. The van der Waals surface area contributed by atoms with E-state index in [0.717, 1.165) is 0 Å². The Morgan fingerprint density at radius 3 is 2.12 bits per heavy atom. The van der Waals surface area contributed by atoms with E-state index < -0.39 is 16.4 Å². The first-order valence-corrected chi connectivity index (χ1v) is 7.21. The van der Waals surface area contributed by atoms with E-state index in [1.165, 1.54) is 12.1 Å². The quantitative estimate of drug-likeness (QED) is 0.576. The lowest BCUT2D eigenvalue weighted by Gasteiger charge is -1.96. The van der Waals surface area contributed by atoms with Crippen LogP contribution >= 0.6 is 0 Å². The van der Waals surface area contributed by atoms with Crippen molar-refractivity contribution < 1.29 is 4.42 Å². The Hall–Kier alpha value is -3.54. The third-order valence-corrected chi connectivity index (χ3v) is 3.78. The summed E-state index contributed by atoms with van der Waals surface area (Å²) in [5.41, 5.74) is -1.55. The molecule has 24 heavy (non-hydrogen) atoms. The molecule has 1 heterocycles. The van der Waals surface area contributed by atoms with E-state index in [-0.39, 0.29) is 27.3 Å². The summed E-state index contributed by atoms with van der Waals surface area (Å²) in [6.45, 7) is 0. The lowest BCUT2D eigenvalue weighted by atomic mass is 10.1. The molecule has 0 radical (unpaired) electrons. The summed E-state index contributed by atoms with van der Waals surface area (Å²) in [6.07, 6.45) is 0. The van der Waals surface area contributed by atoms with Gasteiger partial charge in [0.15, 0.2) is 5.42 Å². The molecule has 0 fully saturated rings. The minimum absolute atomic E-state index is 0.0504. The van der Waals surface area contributed by atoms with Gasteiger partial charge < -0.3 is 4.42 Å². The number of H-pyrrole nitrogens is 1. The van der Waals surface area contributed by atoms with E-state index in [4.69, 9.17) is 4.42 Å². The van der Waals surface area contributed by atoms with E-state index in [1.54, 1.807) is 36.4 Å². The van der Waals surface area contributed by atoms with E-state index in [9.17, 15) is 14.4 Å². The minimum Gasteiger partial charge on any atom is -0.432 e. The van der Waals surface area contributed by atoms with Crippen LogP contribution in [0, 0.1) is 10.6 Å². The van der Waals surface area contributed by atoms with E-state index in [0.29, 0.717) is 5.56 Å². The van der Waals surface area contributed by atoms with Crippen LogP contribution in [0.5, 0.6) is 0 Å². The van der Waals surface area contributed by atoms with Gasteiger partial charge in [-0.05, 0) is 12.1 Å². The molecule has 6 nitrogen and oxygen atoms in total. The van der Waals surface area contributed by atoms with E-state index >= 15 is 0 Å². The van der Waals surface area contributed by atoms with Crippen molar-refractivity contribution >= 4 is 10.8 Å². The first-order chi connectivity index (χ1) is 11.7. The van der Waals surface area contributed by atoms with Crippen LogP contribution in [0.2, 0.25) is 0 Å². The molecule has 0 atom stereocenters. The van der Waals surface area contributed by atoms with Crippen molar-refractivity contribution in [3.63, 3.8) is 0 Å². The minimum atomic E-state index is -0.760. The molecule has 0 bridgehead atoms. The topological polar surface area (TPSA) is 93.0 Å². The molecule has 6 heteroatoms. The molecule has 0 saturated carbocycles. The van der Waals surface area contributed by atoms with Crippen molar-refractivity contribution in [1.82, 2.24) is 10.2 Å². The summed E-state index contributed by atoms with van der Waals surface area (Å²) in [7, 11) is 0. The van der Waals surface area contributed by atoms with E-state index in [1.807, 2.05) is 6.07 Å². The standard InChI is InChI=1S/C18H10N2O4/c21-14-11-8-4-5-9-12(11)15(22)16-13(14)17(23)19-20-18(24-16)10-6-2-1-3-7-10/h1-9H,(H,19,23). The lowest BCUT2D eigenvalue weighted by molar-refractivity contribution is 0.516. The Bertz CT molecular complexity index is 1310. The number of hydrogen-bond acceptors (Lipinski definition) is 5. The third-order valence-electron chi connectivity index (χ3n) is 3.78. The second-order valence-electron chi connectivity index (χ2n) is 5.23. The first-order valence-electron chi connectivity index (χ1n) is 7.21. The molecule has 1 aliphatic carbocycles. The van der Waals surface area contributed by atoms with Gasteiger partial charge in [0.25, 0.3) is 5.56 Å². The molecular formula is C18H10N2O4. The van der Waals surface area contributed by atoms with Crippen LogP contribution in [0.15, 0.2) is 73.4 Å². The molecule has 1 N–H and O–H groups in total. The van der Waals surface area contributed by atoms with Crippen LogP contribution < -0.4 is 16.4 Å². The third kappa shape index (κ3) is 2.04. The number of aromatic amines is 1. The van der Waals surface area contributed by atoms with Gasteiger partial charge in [-0.3, -0.25) is 14.4 Å². The maximum Gasteiger partial charge on any atom is 0.279 e. The van der Waals surface area contributed by atoms with Crippen molar-refractivity contribution in [2.24, 2.45) is 0 Å². The summed E-state index contributed by atoms with van der Waals surface area (Å²) in [5.74, 6) is 0.0504. The Morgan fingerprint density at radius 1 is 0.792 bits per heavy atom. The summed E-state index contributed by atoms with van der Waals surface area (Å²) in [6, 6.07) is 15.1. The lowest BCUT2D eigenvalue weighted by Crippen LogP contribution is -2.22. The highest BCUT2D eigenvalue weighted by Crippen LogP contribution is 2.14. The highest BCUT2D eigenvalue weighted by molar-refractivity contribution is 5.81. The fourth-order valence-corrected chi connectivity index (χ4v) is 2.64. The van der Waals surface area contributed by atoms with Gasteiger partial charge >= 0.3 is 0 Å². The molecule has 116 valence electrons. The SMILES string of the molecule is O=c1[nH]nc(-c2ccccc2)oc2c(=O)c3ccccc3c(=O)c1=2. The van der Waals surface area contributed by atoms with Crippen molar-refractivity contribution in [3.05, 3.63) is 96.0 Å². The Labute approximate surface area is 133 Å². The van der Waals surface area contributed by atoms with Gasteiger partial charge in [0.2, 0.25) is 16.7 Å². The fourth-order valence-electron chi connectivity index (χ4n) is 2.64. The molecule has 1 aliphatic heterocycles. The normalized spacial score (nSPS) is 11.0. The monoisotopic (exact) mass is 318 g/mol. The summed E-state index contributed by atoms with van der Waals surface area (Å²) >= 11 is 0. The predicted molar refractivity (Wildman–Crippen MR) is 87.9 cm³/mol. The van der Waals surface area contributed by atoms with Gasteiger partial charge in [-0.1, -0.05) is 42.5 Å². The Morgan fingerprint density at radius 2 is 1.42 bits per heavy atom. The number of fused-ring (bicyclic) bond motifs is 1. The van der Waals surface area contributed by atoms with Crippen molar-refractivity contribution in [3.8, 4) is 11.5 Å². The second-order valence-corrected chi connectivity index (χ2v) is 5.23. The molecule has 0 saturated heterocycles. The molecule has 0 unspecified atom stereocenters. The Balaban J connectivity index is 2.31. The number of hydrogen-bond donors (Lipinski definition) is 1. The zero-order chi connectivity index (χ0) is 16.7. The van der Waals surface area contributed by atoms with Gasteiger partial charge in [0, 0.05) is 16.3 Å². The molecular weight excluding hydrogens is 308 g/mol. The summed E-state index contributed by atoms with van der Waals surface area (Å²) < 4.78 is 5.59. The number of rotatable bonds is 1. The molecule has 2 aromatic carbocycles. The van der Waals surface area contributed by atoms with Crippen LogP contribution in [0.4, 0.5) is 0 Å². The molecule has 4 rings (SSSR count). The van der Waals surface area contributed by atoms with Crippen LogP contribution in [0.25, 0.3) is 22.2 Å². The number of nitrogens with zero attached hydrogens (tertiary/aromatic N) is 1. The van der Waals surface area contributed by atoms with Gasteiger partial charge in [0.05, 0.1) is 0 Å².